The molecule has 0 heterocycles. The second-order valence-electron chi connectivity index (χ2n) is 2.67. The van der Waals surface area contributed by atoms with Crippen LogP contribution < -0.4 is 5.73 Å². The lowest BCUT2D eigenvalue weighted by Gasteiger charge is -2.09. The number of nitrogens with two attached hydrogens (primary N) is 1. The standard InChI is InChI=1S/C9H9BrN2O/c10-6-1-2-9(13)7(5-6)8(12)3-4-11/h1-2,5,8,13H,3,12H2/t8-/m1/s1. The van der Waals surface area contributed by atoms with Crippen molar-refractivity contribution in [2.24, 2.45) is 5.73 Å². The molecule has 0 aliphatic rings. The number of rotatable bonds is 2. The van der Waals surface area contributed by atoms with E-state index in [2.05, 4.69) is 15.9 Å². The summed E-state index contributed by atoms with van der Waals surface area (Å²) in [5, 5.41) is 17.9. The van der Waals surface area contributed by atoms with Gasteiger partial charge in [0.2, 0.25) is 0 Å². The van der Waals surface area contributed by atoms with Gasteiger partial charge in [0.05, 0.1) is 12.5 Å². The summed E-state index contributed by atoms with van der Waals surface area (Å²) in [7, 11) is 0. The van der Waals surface area contributed by atoms with Gasteiger partial charge in [-0.3, -0.25) is 0 Å². The van der Waals surface area contributed by atoms with Gasteiger partial charge in [-0.05, 0) is 18.2 Å². The highest BCUT2D eigenvalue weighted by molar-refractivity contribution is 9.10. The van der Waals surface area contributed by atoms with Crippen LogP contribution in [0.25, 0.3) is 0 Å². The van der Waals surface area contributed by atoms with Crippen molar-refractivity contribution < 1.29 is 5.11 Å². The molecule has 1 rings (SSSR count). The van der Waals surface area contributed by atoms with Crippen molar-refractivity contribution in [3.8, 4) is 11.8 Å². The third-order valence-electron chi connectivity index (χ3n) is 1.70. The highest BCUT2D eigenvalue weighted by Gasteiger charge is 2.10. The maximum Gasteiger partial charge on any atom is 0.120 e. The SMILES string of the molecule is N#CC[C@@H](N)c1cc(Br)ccc1O. The predicted molar refractivity (Wildman–Crippen MR) is 53.0 cm³/mol. The van der Waals surface area contributed by atoms with Crippen LogP contribution in [-0.4, -0.2) is 5.11 Å². The summed E-state index contributed by atoms with van der Waals surface area (Å²) in [6.45, 7) is 0. The number of halogens is 1. The molecule has 68 valence electrons. The Morgan fingerprint density at radius 1 is 1.62 bits per heavy atom. The number of hydrogen-bond acceptors (Lipinski definition) is 3. The number of benzene rings is 1. The van der Waals surface area contributed by atoms with E-state index in [1.165, 1.54) is 0 Å². The van der Waals surface area contributed by atoms with Crippen LogP contribution in [0.3, 0.4) is 0 Å². The van der Waals surface area contributed by atoms with E-state index in [1.807, 2.05) is 6.07 Å². The van der Waals surface area contributed by atoms with Gasteiger partial charge in [0.15, 0.2) is 0 Å². The van der Waals surface area contributed by atoms with Crippen molar-refractivity contribution in [2.45, 2.75) is 12.5 Å². The van der Waals surface area contributed by atoms with Crippen molar-refractivity contribution in [1.82, 2.24) is 0 Å². The molecule has 1 aromatic carbocycles. The molecular weight excluding hydrogens is 232 g/mol. The van der Waals surface area contributed by atoms with E-state index in [1.54, 1.807) is 18.2 Å². The highest BCUT2D eigenvalue weighted by Crippen LogP contribution is 2.27. The number of hydrogen-bond donors (Lipinski definition) is 2. The van der Waals surface area contributed by atoms with Crippen LogP contribution in [0.2, 0.25) is 0 Å². The van der Waals surface area contributed by atoms with E-state index in [9.17, 15) is 5.11 Å². The Labute approximate surface area is 84.9 Å². The summed E-state index contributed by atoms with van der Waals surface area (Å²) in [6.07, 6.45) is 0.198. The van der Waals surface area contributed by atoms with E-state index in [0.717, 1.165) is 4.47 Å². The third kappa shape index (κ3) is 2.44. The molecule has 0 saturated carbocycles. The molecule has 0 unspecified atom stereocenters. The summed E-state index contributed by atoms with van der Waals surface area (Å²) in [4.78, 5) is 0. The van der Waals surface area contributed by atoms with Gasteiger partial charge in [0.1, 0.15) is 5.75 Å². The fourth-order valence-electron chi connectivity index (χ4n) is 1.03. The minimum Gasteiger partial charge on any atom is -0.508 e. The van der Waals surface area contributed by atoms with Crippen LogP contribution in [-0.2, 0) is 0 Å². The quantitative estimate of drug-likeness (QED) is 0.832. The number of phenolic OH excluding ortho intramolecular Hbond substituents is 1. The normalized spacial score (nSPS) is 12.1. The van der Waals surface area contributed by atoms with E-state index < -0.39 is 6.04 Å². The lowest BCUT2D eigenvalue weighted by Crippen LogP contribution is -2.09. The molecule has 1 atom stereocenters. The van der Waals surface area contributed by atoms with Gasteiger partial charge in [0.25, 0.3) is 0 Å². The molecule has 3 nitrogen and oxygen atoms in total. The molecule has 0 radical (unpaired) electrons. The lowest BCUT2D eigenvalue weighted by atomic mass is 10.0. The first-order valence-electron chi connectivity index (χ1n) is 3.76. The number of aromatic hydroxyl groups is 1. The zero-order valence-corrected chi connectivity index (χ0v) is 8.45. The third-order valence-corrected chi connectivity index (χ3v) is 2.19. The first kappa shape index (κ1) is 10.0. The summed E-state index contributed by atoms with van der Waals surface area (Å²) in [5.74, 6) is 0.131. The van der Waals surface area contributed by atoms with Gasteiger partial charge < -0.3 is 10.8 Å². The first-order chi connectivity index (χ1) is 6.15. The fourth-order valence-corrected chi connectivity index (χ4v) is 1.41. The average molecular weight is 241 g/mol. The number of nitriles is 1. The Morgan fingerprint density at radius 3 is 2.92 bits per heavy atom. The van der Waals surface area contributed by atoms with Gasteiger partial charge in [-0.2, -0.15) is 5.26 Å². The zero-order valence-electron chi connectivity index (χ0n) is 6.87. The average Bonchev–Trinajstić information content (AvgIpc) is 2.09. The molecule has 0 spiro atoms. The Kier molecular flexibility index (Phi) is 3.29. The van der Waals surface area contributed by atoms with Crippen LogP contribution in [0.4, 0.5) is 0 Å². The molecule has 0 aliphatic heterocycles. The number of nitrogens with zero attached hydrogens (tertiary/aromatic N) is 1. The van der Waals surface area contributed by atoms with E-state index in [-0.39, 0.29) is 12.2 Å². The molecule has 0 bridgehead atoms. The van der Waals surface area contributed by atoms with Crippen molar-refractivity contribution in [3.05, 3.63) is 28.2 Å². The predicted octanol–water partition coefficient (Wildman–Crippen LogP) is 2.07. The zero-order chi connectivity index (χ0) is 9.84. The minimum atomic E-state index is -0.428. The molecular formula is C9H9BrN2O. The molecule has 0 saturated heterocycles. The largest absolute Gasteiger partial charge is 0.508 e. The van der Waals surface area contributed by atoms with E-state index >= 15 is 0 Å². The van der Waals surface area contributed by atoms with Gasteiger partial charge in [-0.25, -0.2) is 0 Å². The minimum absolute atomic E-state index is 0.131. The first-order valence-corrected chi connectivity index (χ1v) is 4.55. The molecule has 0 amide bonds. The molecule has 0 aromatic heterocycles. The van der Waals surface area contributed by atoms with Crippen molar-refractivity contribution in [3.63, 3.8) is 0 Å². The molecule has 4 heteroatoms. The van der Waals surface area contributed by atoms with E-state index in [0.29, 0.717) is 5.56 Å². The van der Waals surface area contributed by atoms with Gasteiger partial charge in [0, 0.05) is 16.1 Å². The Bertz CT molecular complexity index is 346. The topological polar surface area (TPSA) is 70.0 Å². The molecule has 13 heavy (non-hydrogen) atoms. The molecule has 0 aliphatic carbocycles. The second kappa shape index (κ2) is 4.26. The second-order valence-corrected chi connectivity index (χ2v) is 3.59. The summed E-state index contributed by atoms with van der Waals surface area (Å²) in [5.41, 5.74) is 6.27. The Balaban J connectivity index is 3.00. The Morgan fingerprint density at radius 2 is 2.31 bits per heavy atom. The van der Waals surface area contributed by atoms with Crippen LogP contribution in [0, 0.1) is 11.3 Å². The Hall–Kier alpha value is -1.05. The maximum absolute atomic E-state index is 9.42. The van der Waals surface area contributed by atoms with Gasteiger partial charge in [-0.15, -0.1) is 0 Å². The molecule has 3 N–H and O–H groups in total. The van der Waals surface area contributed by atoms with Crippen LogP contribution >= 0.6 is 15.9 Å². The maximum atomic E-state index is 9.42. The van der Waals surface area contributed by atoms with Crippen LogP contribution in [0.5, 0.6) is 5.75 Å². The van der Waals surface area contributed by atoms with E-state index in [4.69, 9.17) is 11.0 Å². The molecule has 1 aromatic rings. The van der Waals surface area contributed by atoms with Crippen molar-refractivity contribution in [1.29, 1.82) is 5.26 Å². The van der Waals surface area contributed by atoms with Crippen molar-refractivity contribution in [2.75, 3.05) is 0 Å². The van der Waals surface area contributed by atoms with Crippen LogP contribution in [0.1, 0.15) is 18.0 Å². The van der Waals surface area contributed by atoms with Crippen LogP contribution in [0.15, 0.2) is 22.7 Å². The molecule has 0 fully saturated rings. The van der Waals surface area contributed by atoms with Crippen molar-refractivity contribution >= 4 is 15.9 Å². The monoisotopic (exact) mass is 240 g/mol. The summed E-state index contributed by atoms with van der Waals surface area (Å²) < 4.78 is 0.841. The highest BCUT2D eigenvalue weighted by atomic mass is 79.9. The smallest absolute Gasteiger partial charge is 0.120 e. The fraction of sp³-hybridized carbons (Fsp3) is 0.222. The summed E-state index contributed by atoms with van der Waals surface area (Å²) in [6, 6.07) is 6.52. The van der Waals surface area contributed by atoms with Gasteiger partial charge in [-0.1, -0.05) is 15.9 Å². The summed E-state index contributed by atoms with van der Waals surface area (Å²) >= 11 is 3.27. The number of phenols is 1. The lowest BCUT2D eigenvalue weighted by molar-refractivity contribution is 0.462. The van der Waals surface area contributed by atoms with Gasteiger partial charge >= 0.3 is 0 Å².